The van der Waals surface area contributed by atoms with Gasteiger partial charge in [0.1, 0.15) is 0 Å². The molecule has 0 bridgehead atoms. The predicted molar refractivity (Wildman–Crippen MR) is 108 cm³/mol. The maximum absolute atomic E-state index is 11.9. The second kappa shape index (κ2) is 9.68. The Morgan fingerprint density at radius 1 is 1.08 bits per heavy atom. The van der Waals surface area contributed by atoms with Crippen molar-refractivity contribution in [3.8, 4) is 0 Å². The van der Waals surface area contributed by atoms with Crippen molar-refractivity contribution in [2.45, 2.75) is 4.90 Å². The minimum Gasteiger partial charge on any atom is -0.452 e. The average Bonchev–Trinajstić information content (AvgIpc) is 2.65. The molecule has 5 nitrogen and oxygen atoms in total. The largest absolute Gasteiger partial charge is 0.452 e. The second-order valence-electron chi connectivity index (χ2n) is 5.70. The minimum atomic E-state index is -0.558. The van der Waals surface area contributed by atoms with Gasteiger partial charge in [0.05, 0.1) is 0 Å². The Morgan fingerprint density at radius 3 is 2.31 bits per heavy atom. The molecule has 0 spiro atoms. The van der Waals surface area contributed by atoms with Crippen molar-refractivity contribution >= 4 is 41.1 Å². The lowest BCUT2D eigenvalue weighted by Gasteiger charge is -2.13. The molecule has 136 valence electrons. The van der Waals surface area contributed by atoms with Crippen LogP contribution < -0.4 is 10.2 Å². The van der Waals surface area contributed by atoms with Crippen LogP contribution in [0.15, 0.2) is 59.5 Å². The number of nitrogens with zero attached hydrogens (tertiary/aromatic N) is 1. The zero-order valence-corrected chi connectivity index (χ0v) is 15.9. The third kappa shape index (κ3) is 6.29. The molecule has 2 aromatic carbocycles. The Kier molecular flexibility index (Phi) is 7.29. The van der Waals surface area contributed by atoms with E-state index in [9.17, 15) is 9.59 Å². The summed E-state index contributed by atoms with van der Waals surface area (Å²) in [6.45, 7) is -0.329. The van der Waals surface area contributed by atoms with Crippen LogP contribution in [0.4, 0.5) is 11.4 Å². The SMILES string of the molecule is CSc1ccc(/C=C/C(=O)OCC(=O)Nc2ccc(N(C)C)cc2)cc1. The number of carbonyl (C=O) groups is 2. The fourth-order valence-electron chi connectivity index (χ4n) is 2.10. The molecule has 0 fully saturated rings. The standard InChI is InChI=1S/C20H22N2O3S/c1-22(2)17-9-7-16(8-10-17)21-19(23)14-25-20(24)13-6-15-4-11-18(26-3)12-5-15/h4-13H,14H2,1-3H3,(H,21,23)/b13-6+. The van der Waals surface area contributed by atoms with Gasteiger partial charge in [0.2, 0.25) is 0 Å². The van der Waals surface area contributed by atoms with Gasteiger partial charge in [0.25, 0.3) is 5.91 Å². The molecule has 1 N–H and O–H groups in total. The van der Waals surface area contributed by atoms with E-state index in [2.05, 4.69) is 5.32 Å². The highest BCUT2D eigenvalue weighted by Gasteiger charge is 2.06. The van der Waals surface area contributed by atoms with Crippen molar-refractivity contribution in [3.05, 3.63) is 60.2 Å². The molecule has 2 aromatic rings. The molecule has 2 rings (SSSR count). The topological polar surface area (TPSA) is 58.6 Å². The number of anilines is 2. The highest BCUT2D eigenvalue weighted by Crippen LogP contribution is 2.16. The smallest absolute Gasteiger partial charge is 0.331 e. The molecule has 0 aromatic heterocycles. The number of thioether (sulfide) groups is 1. The molecule has 0 saturated heterocycles. The molecule has 0 aliphatic rings. The van der Waals surface area contributed by atoms with E-state index in [1.54, 1.807) is 30.0 Å². The molecule has 0 saturated carbocycles. The molecule has 0 aliphatic carbocycles. The summed E-state index contributed by atoms with van der Waals surface area (Å²) in [5, 5.41) is 2.69. The maximum Gasteiger partial charge on any atom is 0.331 e. The summed E-state index contributed by atoms with van der Waals surface area (Å²) in [5.74, 6) is -0.939. The van der Waals surface area contributed by atoms with Gasteiger partial charge in [0.15, 0.2) is 6.61 Å². The summed E-state index contributed by atoms with van der Waals surface area (Å²) in [4.78, 5) is 26.7. The fraction of sp³-hybridized carbons (Fsp3) is 0.200. The van der Waals surface area contributed by atoms with Gasteiger partial charge in [-0.3, -0.25) is 4.79 Å². The summed E-state index contributed by atoms with van der Waals surface area (Å²) in [5.41, 5.74) is 2.58. The highest BCUT2D eigenvalue weighted by atomic mass is 32.2. The molecule has 26 heavy (non-hydrogen) atoms. The normalized spacial score (nSPS) is 10.6. The molecule has 0 unspecified atom stereocenters. The summed E-state index contributed by atoms with van der Waals surface area (Å²) < 4.78 is 4.95. The molecule has 6 heteroatoms. The van der Waals surface area contributed by atoms with E-state index >= 15 is 0 Å². The highest BCUT2D eigenvalue weighted by molar-refractivity contribution is 7.98. The van der Waals surface area contributed by atoms with Crippen LogP contribution in [0.5, 0.6) is 0 Å². The first-order valence-electron chi connectivity index (χ1n) is 8.04. The van der Waals surface area contributed by atoms with Gasteiger partial charge in [-0.2, -0.15) is 0 Å². The summed E-state index contributed by atoms with van der Waals surface area (Å²) in [6, 6.07) is 15.2. The molecule has 0 atom stereocenters. The Morgan fingerprint density at radius 2 is 1.73 bits per heavy atom. The average molecular weight is 370 g/mol. The molecule has 1 amide bonds. The third-order valence-corrected chi connectivity index (χ3v) is 4.28. The van der Waals surface area contributed by atoms with Gasteiger partial charge in [0, 0.05) is 36.4 Å². The van der Waals surface area contributed by atoms with E-state index in [1.807, 2.05) is 61.6 Å². The van der Waals surface area contributed by atoms with Crippen molar-refractivity contribution in [1.82, 2.24) is 0 Å². The monoisotopic (exact) mass is 370 g/mol. The number of carbonyl (C=O) groups excluding carboxylic acids is 2. The number of nitrogens with one attached hydrogen (secondary N) is 1. The first-order chi connectivity index (χ1) is 12.5. The first-order valence-corrected chi connectivity index (χ1v) is 9.26. The molecule has 0 aliphatic heterocycles. The Bertz CT molecular complexity index is 769. The van der Waals surface area contributed by atoms with Gasteiger partial charge >= 0.3 is 5.97 Å². The van der Waals surface area contributed by atoms with Crippen molar-refractivity contribution in [2.24, 2.45) is 0 Å². The second-order valence-corrected chi connectivity index (χ2v) is 6.58. The molecule has 0 radical (unpaired) electrons. The van der Waals surface area contributed by atoms with Crippen LogP contribution in [-0.4, -0.2) is 38.8 Å². The van der Waals surface area contributed by atoms with Gasteiger partial charge in [-0.25, -0.2) is 4.79 Å². The van der Waals surface area contributed by atoms with Gasteiger partial charge < -0.3 is 15.0 Å². The predicted octanol–water partition coefficient (Wildman–Crippen LogP) is 3.67. The maximum atomic E-state index is 11.9. The third-order valence-electron chi connectivity index (χ3n) is 3.54. The Hall–Kier alpha value is -2.73. The van der Waals surface area contributed by atoms with Crippen LogP contribution in [0.25, 0.3) is 6.08 Å². The fourth-order valence-corrected chi connectivity index (χ4v) is 2.51. The van der Waals surface area contributed by atoms with Crippen LogP contribution in [-0.2, 0) is 14.3 Å². The quantitative estimate of drug-likeness (QED) is 0.458. The van der Waals surface area contributed by atoms with Crippen LogP contribution in [0.1, 0.15) is 5.56 Å². The van der Waals surface area contributed by atoms with Crippen molar-refractivity contribution < 1.29 is 14.3 Å². The van der Waals surface area contributed by atoms with Crippen LogP contribution >= 0.6 is 11.8 Å². The van der Waals surface area contributed by atoms with Gasteiger partial charge in [-0.05, 0) is 54.3 Å². The number of hydrogen-bond acceptors (Lipinski definition) is 5. The number of esters is 1. The van der Waals surface area contributed by atoms with Crippen LogP contribution in [0.3, 0.4) is 0 Å². The number of benzene rings is 2. The van der Waals surface area contributed by atoms with E-state index in [0.717, 1.165) is 16.1 Å². The lowest BCUT2D eigenvalue weighted by Crippen LogP contribution is -2.20. The van der Waals surface area contributed by atoms with E-state index < -0.39 is 5.97 Å². The lowest BCUT2D eigenvalue weighted by atomic mass is 10.2. The van der Waals surface area contributed by atoms with E-state index in [1.165, 1.54) is 6.08 Å². The van der Waals surface area contributed by atoms with Crippen molar-refractivity contribution in [2.75, 3.05) is 37.2 Å². The van der Waals surface area contributed by atoms with Crippen LogP contribution in [0.2, 0.25) is 0 Å². The van der Waals surface area contributed by atoms with Gasteiger partial charge in [-0.1, -0.05) is 12.1 Å². The number of rotatable bonds is 7. The minimum absolute atomic E-state index is 0.329. The Balaban J connectivity index is 1.78. The number of amides is 1. The first kappa shape index (κ1) is 19.6. The van der Waals surface area contributed by atoms with Gasteiger partial charge in [-0.15, -0.1) is 11.8 Å². The zero-order valence-electron chi connectivity index (χ0n) is 15.1. The Labute approximate surface area is 158 Å². The van der Waals surface area contributed by atoms with Crippen LogP contribution in [0, 0.1) is 0 Å². The van der Waals surface area contributed by atoms with Crippen molar-refractivity contribution in [3.63, 3.8) is 0 Å². The lowest BCUT2D eigenvalue weighted by molar-refractivity contribution is -0.142. The number of ether oxygens (including phenoxy) is 1. The zero-order chi connectivity index (χ0) is 18.9. The summed E-state index contributed by atoms with van der Waals surface area (Å²) >= 11 is 1.65. The molecular formula is C20H22N2O3S. The molecular weight excluding hydrogens is 348 g/mol. The van der Waals surface area contributed by atoms with E-state index in [0.29, 0.717) is 5.69 Å². The van der Waals surface area contributed by atoms with E-state index in [4.69, 9.17) is 4.74 Å². The number of hydrogen-bond donors (Lipinski definition) is 1. The molecule has 0 heterocycles. The summed E-state index contributed by atoms with van der Waals surface area (Å²) in [6.07, 6.45) is 4.97. The van der Waals surface area contributed by atoms with Crippen molar-refractivity contribution in [1.29, 1.82) is 0 Å². The summed E-state index contributed by atoms with van der Waals surface area (Å²) in [7, 11) is 3.88. The van der Waals surface area contributed by atoms with E-state index in [-0.39, 0.29) is 12.5 Å².